The molecule has 0 bridgehead atoms. The van der Waals surface area contributed by atoms with Crippen LogP contribution in [-0.4, -0.2) is 59.0 Å². The van der Waals surface area contributed by atoms with Gasteiger partial charge in [-0.3, -0.25) is 9.59 Å². The molecule has 0 saturated heterocycles. The first kappa shape index (κ1) is 28.3. The van der Waals surface area contributed by atoms with E-state index in [9.17, 15) is 19.2 Å². The molecular weight excluding hydrogens is 488 g/mol. The van der Waals surface area contributed by atoms with Gasteiger partial charge in [-0.05, 0) is 56.4 Å². The lowest BCUT2D eigenvalue weighted by Crippen LogP contribution is -2.51. The van der Waals surface area contributed by atoms with Gasteiger partial charge in [-0.2, -0.15) is 0 Å². The van der Waals surface area contributed by atoms with Crippen LogP contribution in [0.4, 0.5) is 4.79 Å². The molecule has 0 aliphatic heterocycles. The van der Waals surface area contributed by atoms with Gasteiger partial charge >= 0.3 is 18.3 Å². The molecule has 0 aromatic heterocycles. The van der Waals surface area contributed by atoms with Gasteiger partial charge in [0.1, 0.15) is 24.3 Å². The molecule has 1 aliphatic carbocycles. The number of amides is 2. The number of benzene rings is 2. The van der Waals surface area contributed by atoms with Crippen LogP contribution in [0.5, 0.6) is 0 Å². The van der Waals surface area contributed by atoms with Crippen LogP contribution in [0.15, 0.2) is 48.5 Å². The van der Waals surface area contributed by atoms with Gasteiger partial charge in [0, 0.05) is 12.3 Å². The molecule has 2 atom stereocenters. The van der Waals surface area contributed by atoms with E-state index in [1.807, 2.05) is 48.5 Å². The van der Waals surface area contributed by atoms with Crippen molar-refractivity contribution in [2.75, 3.05) is 6.61 Å². The van der Waals surface area contributed by atoms with E-state index in [2.05, 4.69) is 15.4 Å². The average molecular weight is 522 g/mol. The summed E-state index contributed by atoms with van der Waals surface area (Å²) in [7, 11) is 0. The van der Waals surface area contributed by atoms with E-state index < -0.39 is 41.4 Å². The van der Waals surface area contributed by atoms with Gasteiger partial charge in [0.2, 0.25) is 11.7 Å². The van der Waals surface area contributed by atoms with Crippen molar-refractivity contribution in [3.05, 3.63) is 59.7 Å². The lowest BCUT2D eigenvalue weighted by molar-refractivity contribution is -0.159. The number of nitrogens with one attached hydrogen (secondary N) is 3. The molecule has 2 aromatic carbocycles. The molecule has 2 amide bonds. The number of carbonyl (C=O) groups excluding carboxylic acids is 4. The predicted octanol–water partition coefficient (Wildman–Crippen LogP) is 3.40. The highest BCUT2D eigenvalue weighted by molar-refractivity contribution is 6.25. The summed E-state index contributed by atoms with van der Waals surface area (Å²) in [5.41, 5.74) is 10.3. The quantitative estimate of drug-likeness (QED) is 0.189. The standard InChI is InChI=1S/C28H32N4O6/c1-17(25(34)32-24(14-13-18(33)15-30-29)26(35)38-28(2,3)4)31-27(36)37-16-23-21-11-7-5-9-19(21)20-10-6-8-12-22(20)23/h5-12,15,17,23-24,29H,13-14,16H2,1-4H3,(H-,31,32,34,36)/p+1/t17-,24-/m0/s1. The molecule has 200 valence electrons. The molecule has 3 N–H and O–H groups in total. The summed E-state index contributed by atoms with van der Waals surface area (Å²) in [6.07, 6.45) is -0.121. The van der Waals surface area contributed by atoms with Gasteiger partial charge in [-0.1, -0.05) is 48.5 Å². The number of rotatable bonds is 10. The van der Waals surface area contributed by atoms with Crippen molar-refractivity contribution in [2.45, 2.75) is 64.1 Å². The van der Waals surface area contributed by atoms with E-state index in [1.54, 1.807) is 20.8 Å². The Kier molecular flexibility index (Phi) is 9.15. The Morgan fingerprint density at radius 2 is 1.58 bits per heavy atom. The number of ketones is 1. The van der Waals surface area contributed by atoms with Crippen LogP contribution in [-0.2, 0) is 23.9 Å². The number of alkyl carbamates (subject to hydrolysis) is 1. The maximum atomic E-state index is 12.8. The molecule has 0 saturated carbocycles. The predicted molar refractivity (Wildman–Crippen MR) is 139 cm³/mol. The van der Waals surface area contributed by atoms with Crippen molar-refractivity contribution in [1.82, 2.24) is 10.6 Å². The topological polar surface area (TPSA) is 149 Å². The third-order valence-electron chi connectivity index (χ3n) is 5.97. The Balaban J connectivity index is 1.59. The molecule has 38 heavy (non-hydrogen) atoms. The highest BCUT2D eigenvalue weighted by atomic mass is 16.6. The van der Waals surface area contributed by atoms with Gasteiger partial charge in [0.25, 0.3) is 0 Å². The Morgan fingerprint density at radius 3 is 2.13 bits per heavy atom. The molecule has 3 rings (SSSR count). The molecule has 0 spiro atoms. The van der Waals surface area contributed by atoms with E-state index >= 15 is 0 Å². The van der Waals surface area contributed by atoms with Gasteiger partial charge in [0.05, 0.1) is 10.3 Å². The molecule has 2 aromatic rings. The van der Waals surface area contributed by atoms with E-state index in [-0.39, 0.29) is 25.4 Å². The highest BCUT2D eigenvalue weighted by Crippen LogP contribution is 2.44. The van der Waals surface area contributed by atoms with Gasteiger partial charge in [0.15, 0.2) is 0 Å². The van der Waals surface area contributed by atoms with Crippen molar-refractivity contribution in [2.24, 2.45) is 0 Å². The molecule has 0 heterocycles. The number of hydrogen-bond donors (Lipinski definition) is 3. The number of fused-ring (bicyclic) bond motifs is 3. The van der Waals surface area contributed by atoms with Crippen molar-refractivity contribution in [3.8, 4) is 11.1 Å². The summed E-state index contributed by atoms with van der Waals surface area (Å²) in [4.78, 5) is 52.6. The van der Waals surface area contributed by atoms with Crippen LogP contribution in [0, 0.1) is 5.53 Å². The fourth-order valence-corrected chi connectivity index (χ4v) is 4.22. The zero-order chi connectivity index (χ0) is 27.9. The van der Waals surface area contributed by atoms with Gasteiger partial charge in [-0.25, -0.2) is 9.59 Å². The van der Waals surface area contributed by atoms with Crippen LogP contribution in [0.25, 0.3) is 11.1 Å². The van der Waals surface area contributed by atoms with Crippen molar-refractivity contribution >= 4 is 30.0 Å². The molecular formula is C28H33N4O6+. The molecule has 0 fully saturated rings. The van der Waals surface area contributed by atoms with E-state index in [4.69, 9.17) is 15.0 Å². The van der Waals surface area contributed by atoms with Crippen molar-refractivity contribution in [3.63, 3.8) is 0 Å². The summed E-state index contributed by atoms with van der Waals surface area (Å²) in [6.45, 7) is 6.60. The molecule has 10 nitrogen and oxygen atoms in total. The van der Waals surface area contributed by atoms with Crippen molar-refractivity contribution in [1.29, 1.82) is 5.53 Å². The first-order valence-electron chi connectivity index (χ1n) is 12.4. The van der Waals surface area contributed by atoms with E-state index in [0.717, 1.165) is 28.5 Å². The smallest absolute Gasteiger partial charge is 0.407 e. The number of ether oxygens (including phenoxy) is 2. The minimum atomic E-state index is -1.13. The first-order chi connectivity index (χ1) is 18.0. The zero-order valence-electron chi connectivity index (χ0n) is 21.9. The van der Waals surface area contributed by atoms with Crippen molar-refractivity contribution < 1.29 is 33.4 Å². The number of nitrogens with zero attached hydrogens (tertiary/aromatic N) is 1. The Labute approximate surface area is 221 Å². The molecule has 10 heteroatoms. The summed E-state index contributed by atoms with van der Waals surface area (Å²) in [5, 5.41) is 5.03. The normalized spacial score (nSPS) is 13.7. The fourth-order valence-electron chi connectivity index (χ4n) is 4.22. The Hall–Kier alpha value is -4.30. The minimum Gasteiger partial charge on any atom is -0.458 e. The second-order valence-electron chi connectivity index (χ2n) is 10.0. The third kappa shape index (κ3) is 7.36. The summed E-state index contributed by atoms with van der Waals surface area (Å²) in [6, 6.07) is 13.8. The van der Waals surface area contributed by atoms with Crippen LogP contribution in [0.1, 0.15) is 57.6 Å². The van der Waals surface area contributed by atoms with Gasteiger partial charge < -0.3 is 20.1 Å². The Morgan fingerprint density at radius 1 is 1.00 bits per heavy atom. The zero-order valence-corrected chi connectivity index (χ0v) is 21.9. The highest BCUT2D eigenvalue weighted by Gasteiger charge is 2.31. The second-order valence-corrected chi connectivity index (χ2v) is 10.0. The Bertz CT molecular complexity index is 1220. The minimum absolute atomic E-state index is 0.0524. The summed E-state index contributed by atoms with van der Waals surface area (Å²) < 4.78 is 10.8. The number of esters is 1. The first-order valence-corrected chi connectivity index (χ1v) is 12.4. The van der Waals surface area contributed by atoms with E-state index in [0.29, 0.717) is 0 Å². The van der Waals surface area contributed by atoms with Crippen LogP contribution in [0.2, 0.25) is 0 Å². The van der Waals surface area contributed by atoms with Gasteiger partial charge in [-0.15, -0.1) is 0 Å². The number of hydrogen-bond acceptors (Lipinski definition) is 7. The SMILES string of the molecule is C[C@H](NC(=O)OCC1c2ccccc2-c2ccccc21)C(=O)N[C@@H](CCC(=O)C=[N+]=N)C(=O)OC(C)(C)C. The van der Waals surface area contributed by atoms with E-state index in [1.165, 1.54) is 6.92 Å². The largest absolute Gasteiger partial charge is 0.458 e. The van der Waals surface area contributed by atoms with Crippen LogP contribution >= 0.6 is 0 Å². The molecule has 0 radical (unpaired) electrons. The lowest BCUT2D eigenvalue weighted by atomic mass is 9.98. The number of carbonyl (C=O) groups is 4. The average Bonchev–Trinajstić information content (AvgIpc) is 3.18. The summed E-state index contributed by atoms with van der Waals surface area (Å²) in [5.74, 6) is -1.95. The third-order valence-corrected chi connectivity index (χ3v) is 5.97. The van der Waals surface area contributed by atoms with Crippen LogP contribution < -0.4 is 10.6 Å². The maximum Gasteiger partial charge on any atom is 0.407 e. The molecule has 0 unspecified atom stereocenters. The second kappa shape index (κ2) is 12.3. The summed E-state index contributed by atoms with van der Waals surface area (Å²) >= 11 is 0. The maximum absolute atomic E-state index is 12.8. The molecule has 1 aliphatic rings. The number of Topliss-reactive ketones (excluding diaryl/α,β-unsaturated/α-hetero) is 1. The fraction of sp³-hybridized carbons (Fsp3) is 0.393. The lowest BCUT2D eigenvalue weighted by Gasteiger charge is -2.25. The van der Waals surface area contributed by atoms with Crippen LogP contribution in [0.3, 0.4) is 0 Å². The monoisotopic (exact) mass is 521 g/mol.